The van der Waals surface area contributed by atoms with Crippen molar-refractivity contribution >= 4 is 13.3 Å². The predicted molar refractivity (Wildman–Crippen MR) is 65.4 cm³/mol. The molecule has 0 fully saturated rings. The minimum absolute atomic E-state index is 0.283. The molecule has 1 aromatic carbocycles. The second kappa shape index (κ2) is 6.04. The molecule has 0 saturated carbocycles. The summed E-state index contributed by atoms with van der Waals surface area (Å²) in [5, 5.41) is 0. The monoisotopic (exact) mass is 243 g/mol. The van der Waals surface area contributed by atoms with E-state index in [1.54, 1.807) is 26.0 Å². The fraction of sp³-hybridized carbons (Fsp3) is 0.455. The molecule has 0 saturated heterocycles. The number of nitrogen functional groups attached to an aromatic ring is 1. The summed E-state index contributed by atoms with van der Waals surface area (Å²) < 4.78 is 22.4. The van der Waals surface area contributed by atoms with Crippen LogP contribution in [-0.2, 0) is 20.2 Å². The lowest BCUT2D eigenvalue weighted by atomic mass is 10.2. The Bertz CT molecular complexity index is 364. The summed E-state index contributed by atoms with van der Waals surface area (Å²) in [6.45, 7) is 4.27. The van der Waals surface area contributed by atoms with Crippen LogP contribution in [0.2, 0.25) is 0 Å². The summed E-state index contributed by atoms with van der Waals surface area (Å²) in [6.07, 6.45) is 0.385. The van der Waals surface area contributed by atoms with Gasteiger partial charge in [-0.1, -0.05) is 19.1 Å². The highest BCUT2D eigenvalue weighted by atomic mass is 31.2. The SMILES string of the molecule is CCOP(=O)(CC)OCc1ccc(N)cc1. The van der Waals surface area contributed by atoms with Gasteiger partial charge in [0.15, 0.2) is 0 Å². The fourth-order valence-electron chi connectivity index (χ4n) is 1.20. The van der Waals surface area contributed by atoms with Gasteiger partial charge < -0.3 is 14.8 Å². The standard InChI is InChI=1S/C11H18NO3P/c1-3-14-16(13,4-2)15-9-10-5-7-11(12)8-6-10/h5-8H,3-4,9,12H2,1-2H3. The van der Waals surface area contributed by atoms with Crippen molar-refractivity contribution in [2.24, 2.45) is 0 Å². The zero-order valence-electron chi connectivity index (χ0n) is 9.68. The van der Waals surface area contributed by atoms with E-state index in [0.717, 1.165) is 5.56 Å². The molecule has 1 atom stereocenters. The molecule has 1 aromatic rings. The van der Waals surface area contributed by atoms with Crippen molar-refractivity contribution in [3.63, 3.8) is 0 Å². The van der Waals surface area contributed by atoms with Gasteiger partial charge in [-0.2, -0.15) is 0 Å². The van der Waals surface area contributed by atoms with Gasteiger partial charge >= 0.3 is 7.60 Å². The van der Waals surface area contributed by atoms with Crippen LogP contribution in [0.4, 0.5) is 5.69 Å². The quantitative estimate of drug-likeness (QED) is 0.616. The van der Waals surface area contributed by atoms with Crippen molar-refractivity contribution in [3.8, 4) is 0 Å². The van der Waals surface area contributed by atoms with Crippen LogP contribution in [0, 0.1) is 0 Å². The van der Waals surface area contributed by atoms with Crippen LogP contribution in [0.3, 0.4) is 0 Å². The summed E-state index contributed by atoms with van der Waals surface area (Å²) in [4.78, 5) is 0. The smallest absolute Gasteiger partial charge is 0.330 e. The van der Waals surface area contributed by atoms with Crippen molar-refractivity contribution < 1.29 is 13.6 Å². The summed E-state index contributed by atoms with van der Waals surface area (Å²) in [5.74, 6) is 0. The molecule has 1 unspecified atom stereocenters. The van der Waals surface area contributed by atoms with Gasteiger partial charge in [0.05, 0.1) is 13.2 Å². The molecular weight excluding hydrogens is 225 g/mol. The lowest BCUT2D eigenvalue weighted by molar-refractivity contribution is 0.206. The minimum Gasteiger partial charge on any atom is -0.399 e. The number of benzene rings is 1. The molecule has 16 heavy (non-hydrogen) atoms. The first-order valence-electron chi connectivity index (χ1n) is 5.32. The average Bonchev–Trinajstić information content (AvgIpc) is 2.29. The number of hydrogen-bond acceptors (Lipinski definition) is 4. The Hall–Kier alpha value is -0.830. The van der Waals surface area contributed by atoms with E-state index < -0.39 is 7.60 Å². The summed E-state index contributed by atoms with van der Waals surface area (Å²) in [6, 6.07) is 7.27. The van der Waals surface area contributed by atoms with E-state index >= 15 is 0 Å². The molecule has 1 rings (SSSR count). The van der Waals surface area contributed by atoms with Gasteiger partial charge in [0.25, 0.3) is 0 Å². The van der Waals surface area contributed by atoms with E-state index in [1.807, 2.05) is 12.1 Å². The Morgan fingerprint density at radius 1 is 1.19 bits per heavy atom. The van der Waals surface area contributed by atoms with Crippen molar-refractivity contribution in [1.29, 1.82) is 0 Å². The zero-order valence-corrected chi connectivity index (χ0v) is 10.6. The maximum absolute atomic E-state index is 12.0. The van der Waals surface area contributed by atoms with Crippen LogP contribution < -0.4 is 5.73 Å². The molecule has 0 aliphatic rings. The third-order valence-corrected chi connectivity index (χ3v) is 4.07. The normalized spacial score (nSPS) is 14.6. The Kier molecular flexibility index (Phi) is 5.00. The Morgan fingerprint density at radius 2 is 1.81 bits per heavy atom. The molecule has 90 valence electrons. The largest absolute Gasteiger partial charge is 0.399 e. The third kappa shape index (κ3) is 3.97. The van der Waals surface area contributed by atoms with E-state index in [9.17, 15) is 4.57 Å². The first-order chi connectivity index (χ1) is 7.59. The van der Waals surface area contributed by atoms with Gasteiger partial charge in [-0.25, -0.2) is 0 Å². The van der Waals surface area contributed by atoms with Gasteiger partial charge in [0.1, 0.15) is 0 Å². The van der Waals surface area contributed by atoms with E-state index in [0.29, 0.717) is 18.5 Å². The number of nitrogens with two attached hydrogens (primary N) is 1. The molecule has 0 amide bonds. The molecule has 4 nitrogen and oxygen atoms in total. The molecule has 0 bridgehead atoms. The number of anilines is 1. The van der Waals surface area contributed by atoms with Crippen LogP contribution in [0.25, 0.3) is 0 Å². The Labute approximate surface area is 96.3 Å². The van der Waals surface area contributed by atoms with Gasteiger partial charge in [0, 0.05) is 11.8 Å². The van der Waals surface area contributed by atoms with Crippen LogP contribution in [0.15, 0.2) is 24.3 Å². The van der Waals surface area contributed by atoms with Crippen molar-refractivity contribution in [3.05, 3.63) is 29.8 Å². The maximum atomic E-state index is 12.0. The van der Waals surface area contributed by atoms with Gasteiger partial charge in [-0.3, -0.25) is 4.57 Å². The Morgan fingerprint density at radius 3 is 2.31 bits per heavy atom. The first kappa shape index (κ1) is 13.2. The predicted octanol–water partition coefficient (Wildman–Crippen LogP) is 3.03. The average molecular weight is 243 g/mol. The minimum atomic E-state index is -2.91. The first-order valence-corrected chi connectivity index (χ1v) is 7.05. The van der Waals surface area contributed by atoms with Crippen molar-refractivity contribution in [1.82, 2.24) is 0 Å². The molecule has 0 spiro atoms. The summed E-state index contributed by atoms with van der Waals surface area (Å²) >= 11 is 0. The van der Waals surface area contributed by atoms with E-state index in [-0.39, 0.29) is 6.61 Å². The van der Waals surface area contributed by atoms with E-state index in [2.05, 4.69) is 0 Å². The molecule has 5 heteroatoms. The van der Waals surface area contributed by atoms with Crippen LogP contribution in [0.5, 0.6) is 0 Å². The van der Waals surface area contributed by atoms with Crippen molar-refractivity contribution in [2.75, 3.05) is 18.5 Å². The van der Waals surface area contributed by atoms with Crippen LogP contribution >= 0.6 is 7.60 Å². The molecule has 0 aromatic heterocycles. The topological polar surface area (TPSA) is 61.5 Å². The van der Waals surface area contributed by atoms with Gasteiger partial charge in [-0.15, -0.1) is 0 Å². The highest BCUT2D eigenvalue weighted by Crippen LogP contribution is 2.48. The van der Waals surface area contributed by atoms with Crippen molar-refractivity contribution in [2.45, 2.75) is 20.5 Å². The van der Waals surface area contributed by atoms with E-state index in [4.69, 9.17) is 14.8 Å². The molecule has 0 aliphatic heterocycles. The summed E-state index contributed by atoms with van der Waals surface area (Å²) in [5.41, 5.74) is 7.20. The third-order valence-electron chi connectivity index (χ3n) is 2.12. The van der Waals surface area contributed by atoms with Crippen LogP contribution in [0.1, 0.15) is 19.4 Å². The number of hydrogen-bond donors (Lipinski definition) is 1. The zero-order chi connectivity index (χ0) is 12.0. The second-order valence-corrected chi connectivity index (χ2v) is 5.73. The number of rotatable bonds is 6. The lowest BCUT2D eigenvalue weighted by Gasteiger charge is -2.15. The summed E-state index contributed by atoms with van der Waals surface area (Å²) in [7, 11) is -2.91. The highest BCUT2D eigenvalue weighted by Gasteiger charge is 2.20. The van der Waals surface area contributed by atoms with E-state index in [1.165, 1.54) is 0 Å². The second-order valence-electron chi connectivity index (χ2n) is 3.36. The lowest BCUT2D eigenvalue weighted by Crippen LogP contribution is -1.98. The van der Waals surface area contributed by atoms with Crippen LogP contribution in [-0.4, -0.2) is 12.8 Å². The Balaban J connectivity index is 2.56. The maximum Gasteiger partial charge on any atom is 0.330 e. The molecule has 2 N–H and O–H groups in total. The molecule has 0 radical (unpaired) electrons. The molecule has 0 heterocycles. The molecular formula is C11H18NO3P. The van der Waals surface area contributed by atoms with Gasteiger partial charge in [-0.05, 0) is 24.6 Å². The van der Waals surface area contributed by atoms with Gasteiger partial charge in [0.2, 0.25) is 0 Å². The molecule has 0 aliphatic carbocycles. The highest BCUT2D eigenvalue weighted by molar-refractivity contribution is 7.53. The fourth-order valence-corrected chi connectivity index (χ4v) is 2.38.